The van der Waals surface area contributed by atoms with E-state index in [4.69, 9.17) is 4.42 Å². The second-order valence-electron chi connectivity index (χ2n) is 4.88. The Morgan fingerprint density at radius 3 is 2.79 bits per heavy atom. The van der Waals surface area contributed by atoms with Crippen LogP contribution in [0.25, 0.3) is 11.0 Å². The number of fused-ring (bicyclic) bond motifs is 1. The molecule has 1 N–H and O–H groups in total. The van der Waals surface area contributed by atoms with Crippen molar-refractivity contribution in [3.63, 3.8) is 0 Å². The second-order valence-corrected chi connectivity index (χ2v) is 6.36. The van der Waals surface area contributed by atoms with Gasteiger partial charge in [0, 0.05) is 52.8 Å². The molecule has 0 bridgehead atoms. The number of furan rings is 1. The van der Waals surface area contributed by atoms with Crippen LogP contribution in [0.3, 0.4) is 0 Å². The third kappa shape index (κ3) is 3.45. The number of aryl methyl sites for hydroxylation is 1. The molecule has 2 aromatic rings. The van der Waals surface area contributed by atoms with Crippen molar-refractivity contribution < 1.29 is 8.63 Å². The van der Waals surface area contributed by atoms with E-state index in [0.29, 0.717) is 5.75 Å². The first-order valence-corrected chi connectivity index (χ1v) is 8.37. The fraction of sp³-hybridized carbons (Fsp3) is 0.467. The molecule has 0 aliphatic rings. The Morgan fingerprint density at radius 2 is 2.11 bits per heavy atom. The first-order chi connectivity index (χ1) is 9.11. The molecular weight excluding hydrogens is 258 g/mol. The van der Waals surface area contributed by atoms with E-state index in [1.54, 1.807) is 6.26 Å². The summed E-state index contributed by atoms with van der Waals surface area (Å²) in [6.07, 6.45) is 2.63. The fourth-order valence-corrected chi connectivity index (χ4v) is 3.14. The van der Waals surface area contributed by atoms with E-state index < -0.39 is 10.8 Å². The number of benzene rings is 1. The highest BCUT2D eigenvalue weighted by molar-refractivity contribution is 7.84. The molecule has 2 atom stereocenters. The van der Waals surface area contributed by atoms with Crippen molar-refractivity contribution in [2.45, 2.75) is 32.9 Å². The highest BCUT2D eigenvalue weighted by Gasteiger charge is 2.13. The van der Waals surface area contributed by atoms with E-state index >= 15 is 0 Å². The van der Waals surface area contributed by atoms with Gasteiger partial charge in [-0.05, 0) is 13.0 Å². The maximum absolute atomic E-state index is 11.2. The zero-order valence-electron chi connectivity index (χ0n) is 11.7. The van der Waals surface area contributed by atoms with Crippen molar-refractivity contribution in [3.05, 3.63) is 35.6 Å². The van der Waals surface area contributed by atoms with Crippen molar-refractivity contribution in [1.82, 2.24) is 5.32 Å². The van der Waals surface area contributed by atoms with Gasteiger partial charge < -0.3 is 9.73 Å². The van der Waals surface area contributed by atoms with E-state index in [1.165, 1.54) is 10.9 Å². The molecular formula is C15H21NO2S. The molecule has 0 aliphatic heterocycles. The molecule has 1 aromatic carbocycles. The Morgan fingerprint density at radius 1 is 1.37 bits per heavy atom. The summed E-state index contributed by atoms with van der Waals surface area (Å²) in [7, 11) is -0.764. The van der Waals surface area contributed by atoms with Gasteiger partial charge >= 0.3 is 0 Å². The van der Waals surface area contributed by atoms with Crippen LogP contribution >= 0.6 is 0 Å². The summed E-state index contributed by atoms with van der Waals surface area (Å²) in [5, 5.41) is 4.61. The van der Waals surface area contributed by atoms with E-state index in [-0.39, 0.29) is 6.04 Å². The SMILES string of the molecule is CCc1oc2ccccc2c1CNC(C)CS(C)=O. The van der Waals surface area contributed by atoms with Crippen molar-refractivity contribution in [2.75, 3.05) is 12.0 Å². The molecule has 0 saturated heterocycles. The lowest BCUT2D eigenvalue weighted by atomic mass is 10.1. The summed E-state index contributed by atoms with van der Waals surface area (Å²) < 4.78 is 17.1. The Labute approximate surface area is 116 Å². The first-order valence-electron chi connectivity index (χ1n) is 6.64. The van der Waals surface area contributed by atoms with Crippen LogP contribution in [0, 0.1) is 0 Å². The monoisotopic (exact) mass is 279 g/mol. The van der Waals surface area contributed by atoms with Crippen molar-refractivity contribution in [3.8, 4) is 0 Å². The predicted molar refractivity (Wildman–Crippen MR) is 80.8 cm³/mol. The van der Waals surface area contributed by atoms with E-state index in [0.717, 1.165) is 24.3 Å². The summed E-state index contributed by atoms with van der Waals surface area (Å²) in [6, 6.07) is 8.36. The first kappa shape index (κ1) is 14.3. The van der Waals surface area contributed by atoms with Gasteiger partial charge in [0.15, 0.2) is 0 Å². The molecule has 2 unspecified atom stereocenters. The van der Waals surface area contributed by atoms with Crippen LogP contribution < -0.4 is 5.32 Å². The summed E-state index contributed by atoms with van der Waals surface area (Å²) in [6.45, 7) is 4.93. The highest BCUT2D eigenvalue weighted by atomic mass is 32.2. The number of para-hydroxylation sites is 1. The van der Waals surface area contributed by atoms with Crippen molar-refractivity contribution in [2.24, 2.45) is 0 Å². The molecule has 0 amide bonds. The molecule has 0 radical (unpaired) electrons. The van der Waals surface area contributed by atoms with E-state index in [1.807, 2.05) is 18.2 Å². The quantitative estimate of drug-likeness (QED) is 0.884. The maximum Gasteiger partial charge on any atom is 0.134 e. The average molecular weight is 279 g/mol. The van der Waals surface area contributed by atoms with Crippen molar-refractivity contribution in [1.29, 1.82) is 0 Å². The molecule has 104 valence electrons. The molecule has 1 heterocycles. The number of nitrogens with one attached hydrogen (secondary N) is 1. The molecule has 0 saturated carbocycles. The third-order valence-electron chi connectivity index (χ3n) is 3.22. The van der Waals surface area contributed by atoms with Crippen LogP contribution in [-0.2, 0) is 23.8 Å². The molecule has 0 fully saturated rings. The number of rotatable bonds is 6. The Kier molecular flexibility index (Phi) is 4.77. The van der Waals surface area contributed by atoms with Crippen LogP contribution in [0.2, 0.25) is 0 Å². The zero-order chi connectivity index (χ0) is 13.8. The minimum absolute atomic E-state index is 0.240. The average Bonchev–Trinajstić information content (AvgIpc) is 2.73. The molecule has 1 aromatic heterocycles. The lowest BCUT2D eigenvalue weighted by Crippen LogP contribution is -2.30. The van der Waals surface area contributed by atoms with Gasteiger partial charge in [0.1, 0.15) is 11.3 Å². The Balaban J connectivity index is 2.17. The molecule has 19 heavy (non-hydrogen) atoms. The van der Waals surface area contributed by atoms with E-state index in [9.17, 15) is 4.21 Å². The fourth-order valence-electron chi connectivity index (χ4n) is 2.32. The summed E-state index contributed by atoms with van der Waals surface area (Å²) in [5.74, 6) is 1.72. The Bertz CT molecular complexity index is 577. The molecule has 3 nitrogen and oxygen atoms in total. The van der Waals surface area contributed by atoms with Crippen LogP contribution in [0.15, 0.2) is 28.7 Å². The Hall–Kier alpha value is -1.13. The van der Waals surface area contributed by atoms with Crippen LogP contribution in [0.5, 0.6) is 0 Å². The smallest absolute Gasteiger partial charge is 0.134 e. The van der Waals surface area contributed by atoms with Crippen LogP contribution in [-0.4, -0.2) is 22.3 Å². The zero-order valence-corrected chi connectivity index (χ0v) is 12.5. The maximum atomic E-state index is 11.2. The summed E-state index contributed by atoms with van der Waals surface area (Å²) >= 11 is 0. The normalized spacial score (nSPS) is 14.7. The topological polar surface area (TPSA) is 42.2 Å². The van der Waals surface area contributed by atoms with Gasteiger partial charge in [0.05, 0.1) is 0 Å². The lowest BCUT2D eigenvalue weighted by molar-refractivity contribution is 0.534. The highest BCUT2D eigenvalue weighted by Crippen LogP contribution is 2.26. The summed E-state index contributed by atoms with van der Waals surface area (Å²) in [5.41, 5.74) is 2.18. The van der Waals surface area contributed by atoms with Crippen LogP contribution in [0.4, 0.5) is 0 Å². The van der Waals surface area contributed by atoms with Crippen LogP contribution in [0.1, 0.15) is 25.2 Å². The van der Waals surface area contributed by atoms with Gasteiger partial charge in [-0.15, -0.1) is 0 Å². The summed E-state index contributed by atoms with van der Waals surface area (Å²) in [4.78, 5) is 0. The van der Waals surface area contributed by atoms with Gasteiger partial charge in [-0.1, -0.05) is 25.1 Å². The molecule has 0 spiro atoms. The standard InChI is InChI=1S/C15H21NO2S/c1-4-14-13(9-16-11(2)10-19(3)17)12-7-5-6-8-15(12)18-14/h5-8,11,16H,4,9-10H2,1-3H3. The minimum atomic E-state index is -0.764. The van der Waals surface area contributed by atoms with Gasteiger partial charge in [-0.2, -0.15) is 0 Å². The third-order valence-corrected chi connectivity index (χ3v) is 4.18. The minimum Gasteiger partial charge on any atom is -0.461 e. The lowest BCUT2D eigenvalue weighted by Gasteiger charge is -2.12. The molecule has 0 aliphatic carbocycles. The second kappa shape index (κ2) is 6.35. The number of hydrogen-bond donors (Lipinski definition) is 1. The van der Waals surface area contributed by atoms with Gasteiger partial charge in [-0.25, -0.2) is 0 Å². The predicted octanol–water partition coefficient (Wildman–Crippen LogP) is 2.85. The van der Waals surface area contributed by atoms with E-state index in [2.05, 4.69) is 25.2 Å². The number of hydrogen-bond acceptors (Lipinski definition) is 3. The molecule has 2 rings (SSSR count). The van der Waals surface area contributed by atoms with Gasteiger partial charge in [0.25, 0.3) is 0 Å². The molecule has 4 heteroatoms. The van der Waals surface area contributed by atoms with Gasteiger partial charge in [-0.3, -0.25) is 4.21 Å². The van der Waals surface area contributed by atoms with Gasteiger partial charge in [0.2, 0.25) is 0 Å². The largest absolute Gasteiger partial charge is 0.461 e. The van der Waals surface area contributed by atoms with Crippen molar-refractivity contribution >= 4 is 21.8 Å².